The van der Waals surface area contributed by atoms with Gasteiger partial charge in [0.15, 0.2) is 0 Å². The van der Waals surface area contributed by atoms with Crippen molar-refractivity contribution in [2.24, 2.45) is 0 Å². The van der Waals surface area contributed by atoms with Gasteiger partial charge in [-0.15, -0.1) is 0 Å². The number of rotatable bonds is 0. The van der Waals surface area contributed by atoms with Crippen molar-refractivity contribution in [1.29, 1.82) is 0 Å². The van der Waals surface area contributed by atoms with Crippen LogP contribution < -0.4 is 0 Å². The second-order valence-corrected chi connectivity index (χ2v) is 2.18. The van der Waals surface area contributed by atoms with Gasteiger partial charge in [-0.3, -0.25) is 0 Å². The molecule has 0 saturated carbocycles. The van der Waals surface area contributed by atoms with Crippen molar-refractivity contribution < 1.29 is 48.1 Å². The van der Waals surface area contributed by atoms with Gasteiger partial charge >= 0.3 is 26.2 Å². The third kappa shape index (κ3) is 19.9. The average Bonchev–Trinajstić information content (AvgIpc) is 2.67. The fourth-order valence-electron chi connectivity index (χ4n) is 0.786. The van der Waals surface area contributed by atoms with Crippen LogP contribution >= 0.6 is 0 Å². The molecule has 15 heavy (non-hydrogen) atoms. The van der Waals surface area contributed by atoms with Crippen LogP contribution in [0.5, 0.6) is 0 Å². The van der Waals surface area contributed by atoms with E-state index < -0.39 is 0 Å². The van der Waals surface area contributed by atoms with E-state index >= 15 is 0 Å². The Kier molecular flexibility index (Phi) is 45.9. The summed E-state index contributed by atoms with van der Waals surface area (Å²) in [6, 6.07) is 0. The maximum Gasteiger partial charge on any atom is 4.00 e. The molecule has 0 amide bonds. The molecule has 2 aliphatic carbocycles. The van der Waals surface area contributed by atoms with Gasteiger partial charge in [-0.1, -0.05) is 48.6 Å². The Morgan fingerprint density at radius 3 is 0.733 bits per heavy atom. The quantitative estimate of drug-likeness (QED) is 0.679. The molecule has 0 fully saturated rings. The first kappa shape index (κ1) is 29.3. The molecule has 0 aromatic rings. The van der Waals surface area contributed by atoms with Crippen LogP contribution in [0.4, 0.5) is 0 Å². The molecule has 0 aromatic heterocycles. The molecule has 4 nitrogen and oxygen atoms in total. The zero-order valence-electron chi connectivity index (χ0n) is 8.32. The summed E-state index contributed by atoms with van der Waals surface area (Å²) in [4.78, 5) is 0. The van der Waals surface area contributed by atoms with E-state index in [0.29, 0.717) is 0 Å². The molecule has 4 N–H and O–H groups in total. The molecule has 0 aromatic carbocycles. The zero-order valence-corrected chi connectivity index (χ0v) is 10.8. The molecule has 2 rings (SSSR count). The second kappa shape index (κ2) is 23.5. The van der Waals surface area contributed by atoms with Gasteiger partial charge in [0.2, 0.25) is 0 Å². The molecular weight excluding hydrogens is 275 g/mol. The molecule has 0 atom stereocenters. The van der Waals surface area contributed by atoms with Gasteiger partial charge in [0.05, 0.1) is 0 Å². The predicted molar refractivity (Wildman–Crippen MR) is 53.5 cm³/mol. The molecule has 0 unspecified atom stereocenters. The van der Waals surface area contributed by atoms with E-state index in [1.165, 1.54) is 0 Å². The van der Waals surface area contributed by atoms with Crippen LogP contribution in [-0.4, -0.2) is 21.9 Å². The molecule has 0 aliphatic heterocycles. The molecule has 0 heterocycles. The molecule has 0 radical (unpaired) electrons. The minimum absolute atomic E-state index is 0. The summed E-state index contributed by atoms with van der Waals surface area (Å²) in [5.41, 5.74) is 0. The first-order valence-corrected chi connectivity index (χ1v) is 3.63. The molecule has 0 spiro atoms. The zero-order chi connectivity index (χ0) is 7.07. The van der Waals surface area contributed by atoms with E-state index in [-0.39, 0.29) is 48.1 Å². The van der Waals surface area contributed by atoms with Crippen LogP contribution in [0, 0.1) is 0 Å². The van der Waals surface area contributed by atoms with E-state index in [0.717, 1.165) is 12.8 Å². The standard InChI is InChI=1S/2C5H6.4H2O.Zr/c2*1-2-4-5-3-1;;;;;/h2*1-4H,5H2;4*1H2;/q;;;;;;+4/p-4. The van der Waals surface area contributed by atoms with Crippen molar-refractivity contribution in [3.05, 3.63) is 48.6 Å². The van der Waals surface area contributed by atoms with Gasteiger partial charge in [-0.2, -0.15) is 0 Å². The first-order chi connectivity index (χ1) is 5.00. The maximum atomic E-state index is 2.12. The van der Waals surface area contributed by atoms with Crippen molar-refractivity contribution in [3.63, 3.8) is 0 Å². The fourth-order valence-corrected chi connectivity index (χ4v) is 0.786. The summed E-state index contributed by atoms with van der Waals surface area (Å²) in [7, 11) is 0. The fraction of sp³-hybridized carbons (Fsp3) is 0.200. The van der Waals surface area contributed by atoms with E-state index in [1.54, 1.807) is 0 Å². The van der Waals surface area contributed by atoms with Crippen molar-refractivity contribution in [3.8, 4) is 0 Å². The summed E-state index contributed by atoms with van der Waals surface area (Å²) in [6.07, 6.45) is 19.0. The summed E-state index contributed by atoms with van der Waals surface area (Å²) in [5, 5.41) is 0. The van der Waals surface area contributed by atoms with Gasteiger partial charge in [0.25, 0.3) is 0 Å². The number of hydrogen-bond acceptors (Lipinski definition) is 4. The molecule has 2 aliphatic rings. The van der Waals surface area contributed by atoms with Crippen LogP contribution in [0.2, 0.25) is 0 Å². The summed E-state index contributed by atoms with van der Waals surface area (Å²) < 4.78 is 0. The Bertz CT molecular complexity index is 156. The third-order valence-corrected chi connectivity index (χ3v) is 1.31. The summed E-state index contributed by atoms with van der Waals surface area (Å²) in [6.45, 7) is 0. The van der Waals surface area contributed by atoms with Crippen molar-refractivity contribution >= 4 is 0 Å². The Hall–Kier alpha value is -0.317. The second-order valence-electron chi connectivity index (χ2n) is 2.18. The maximum absolute atomic E-state index is 2.12. The predicted octanol–water partition coefficient (Wildman–Crippen LogP) is 2.30. The number of allylic oxidation sites excluding steroid dienone is 8. The van der Waals surface area contributed by atoms with Gasteiger partial charge in [0, 0.05) is 0 Å². The van der Waals surface area contributed by atoms with E-state index in [1.807, 2.05) is 0 Å². The minimum atomic E-state index is 0. The smallest absolute Gasteiger partial charge is 0.870 e. The van der Waals surface area contributed by atoms with Crippen LogP contribution in [0.1, 0.15) is 12.8 Å². The van der Waals surface area contributed by atoms with E-state index in [2.05, 4.69) is 48.6 Å². The van der Waals surface area contributed by atoms with Gasteiger partial charge in [-0.05, 0) is 12.8 Å². The van der Waals surface area contributed by atoms with Gasteiger partial charge in [-0.25, -0.2) is 0 Å². The van der Waals surface area contributed by atoms with Crippen LogP contribution in [0.3, 0.4) is 0 Å². The molecule has 0 bridgehead atoms. The molecule has 5 heteroatoms. The summed E-state index contributed by atoms with van der Waals surface area (Å²) in [5.74, 6) is 0. The largest absolute Gasteiger partial charge is 4.00 e. The van der Waals surface area contributed by atoms with Crippen LogP contribution in [0.25, 0.3) is 0 Å². The topological polar surface area (TPSA) is 120 Å². The minimum Gasteiger partial charge on any atom is -0.870 e. The normalized spacial score (nSPS) is 11.7. The SMILES string of the molecule is C1=CCC=C1.C1=CCC=C1.[OH-].[OH-].[OH-].[OH-].[Zr+4]. The Morgan fingerprint density at radius 2 is 0.667 bits per heavy atom. The average molecular weight is 291 g/mol. The van der Waals surface area contributed by atoms with E-state index in [4.69, 9.17) is 0 Å². The Balaban J connectivity index is -0.0000000333. The van der Waals surface area contributed by atoms with Gasteiger partial charge < -0.3 is 21.9 Å². The Labute approximate surface area is 109 Å². The first-order valence-electron chi connectivity index (χ1n) is 3.63. The van der Waals surface area contributed by atoms with Gasteiger partial charge in [0.1, 0.15) is 0 Å². The summed E-state index contributed by atoms with van der Waals surface area (Å²) >= 11 is 0. The van der Waals surface area contributed by atoms with Crippen molar-refractivity contribution in [2.45, 2.75) is 12.8 Å². The monoisotopic (exact) mass is 290 g/mol. The van der Waals surface area contributed by atoms with Crippen LogP contribution in [-0.2, 0) is 26.2 Å². The van der Waals surface area contributed by atoms with Crippen molar-refractivity contribution in [1.82, 2.24) is 0 Å². The molecule has 0 saturated heterocycles. The number of hydrogen-bond donors (Lipinski definition) is 0. The molecular formula is C10H16O4Zr. The Morgan fingerprint density at radius 1 is 0.467 bits per heavy atom. The van der Waals surface area contributed by atoms with E-state index in [9.17, 15) is 0 Å². The van der Waals surface area contributed by atoms with Crippen molar-refractivity contribution in [2.75, 3.05) is 0 Å². The molecule has 84 valence electrons. The third-order valence-electron chi connectivity index (χ3n) is 1.31. The van der Waals surface area contributed by atoms with Crippen LogP contribution in [0.15, 0.2) is 48.6 Å².